The number of amides is 2. The Morgan fingerprint density at radius 2 is 1.54 bits per heavy atom. The van der Waals surface area contributed by atoms with E-state index in [2.05, 4.69) is 5.32 Å². The second kappa shape index (κ2) is 16.4. The molecule has 0 spiro atoms. The van der Waals surface area contributed by atoms with Crippen LogP contribution in [-0.2, 0) is 32.6 Å². The summed E-state index contributed by atoms with van der Waals surface area (Å²) in [5, 5.41) is 3.93. The molecule has 1 N–H and O–H groups in total. The van der Waals surface area contributed by atoms with Crippen LogP contribution in [0.5, 0.6) is 5.75 Å². The van der Waals surface area contributed by atoms with Crippen LogP contribution >= 0.6 is 23.2 Å². The first-order valence-electron chi connectivity index (χ1n) is 16.0. The summed E-state index contributed by atoms with van der Waals surface area (Å²) in [6.07, 6.45) is 3.98. The van der Waals surface area contributed by atoms with Gasteiger partial charge < -0.3 is 15.0 Å². The van der Waals surface area contributed by atoms with Crippen LogP contribution in [0.15, 0.2) is 108 Å². The maximum Gasteiger partial charge on any atom is 0.264 e. The van der Waals surface area contributed by atoms with E-state index in [0.717, 1.165) is 35.6 Å². The Kier molecular flexibility index (Phi) is 12.0. The molecular weight excluding hydrogens is 669 g/mol. The Hall–Kier alpha value is -4.05. The quantitative estimate of drug-likeness (QED) is 0.149. The second-order valence-corrected chi connectivity index (χ2v) is 14.4. The summed E-state index contributed by atoms with van der Waals surface area (Å²) >= 11 is 12.8. The lowest BCUT2D eigenvalue weighted by atomic mass is 10.0. The molecule has 4 aromatic rings. The molecule has 1 fully saturated rings. The summed E-state index contributed by atoms with van der Waals surface area (Å²) in [5.41, 5.74) is 1.73. The number of ether oxygens (including phenoxy) is 1. The lowest BCUT2D eigenvalue weighted by molar-refractivity contribution is -0.140. The van der Waals surface area contributed by atoms with Gasteiger partial charge in [0.25, 0.3) is 10.0 Å². The zero-order valence-electron chi connectivity index (χ0n) is 26.7. The van der Waals surface area contributed by atoms with E-state index in [9.17, 15) is 18.0 Å². The molecule has 0 heterocycles. The Balaban J connectivity index is 1.56. The van der Waals surface area contributed by atoms with E-state index in [1.165, 1.54) is 17.0 Å². The fourth-order valence-corrected chi connectivity index (χ4v) is 7.76. The number of benzene rings is 4. The number of rotatable bonds is 14. The van der Waals surface area contributed by atoms with Gasteiger partial charge in [-0.3, -0.25) is 13.9 Å². The average Bonchev–Trinajstić information content (AvgIpc) is 3.60. The van der Waals surface area contributed by atoms with E-state index in [0.29, 0.717) is 33.7 Å². The van der Waals surface area contributed by atoms with Crippen LogP contribution in [0.2, 0.25) is 10.0 Å². The average molecular weight is 709 g/mol. The van der Waals surface area contributed by atoms with Crippen LogP contribution in [0, 0.1) is 0 Å². The Morgan fingerprint density at radius 1 is 0.896 bits per heavy atom. The summed E-state index contributed by atoms with van der Waals surface area (Å²) in [6.45, 7) is 1.67. The lowest BCUT2D eigenvalue weighted by Gasteiger charge is -2.34. The number of nitrogens with zero attached hydrogens (tertiary/aromatic N) is 2. The highest BCUT2D eigenvalue weighted by Gasteiger charge is 2.36. The van der Waals surface area contributed by atoms with Crippen LogP contribution in [0.4, 0.5) is 5.69 Å². The molecule has 2 amide bonds. The molecule has 8 nitrogen and oxygen atoms in total. The first kappa shape index (κ1) is 35.3. The molecule has 0 radical (unpaired) electrons. The number of hydrogen-bond donors (Lipinski definition) is 1. The Labute approximate surface area is 292 Å². The van der Waals surface area contributed by atoms with Gasteiger partial charge in [0.15, 0.2) is 0 Å². The SMILES string of the molecule is CCOc1ccc(S(=O)(=O)N(CC(=O)N(Cc2ccc(Cl)cc2Cl)[C@@H](Cc2ccccc2)C(=O)NC2CCCC2)c2ccccc2)cc1. The minimum absolute atomic E-state index is 0.00489. The molecule has 1 atom stereocenters. The van der Waals surface area contributed by atoms with Crippen LogP contribution in [-0.4, -0.2) is 50.4 Å². The van der Waals surface area contributed by atoms with Crippen molar-refractivity contribution in [2.24, 2.45) is 0 Å². The van der Waals surface area contributed by atoms with Crippen LogP contribution in [0.1, 0.15) is 43.7 Å². The molecule has 11 heteroatoms. The topological polar surface area (TPSA) is 96.0 Å². The van der Waals surface area contributed by atoms with Crippen molar-refractivity contribution >= 4 is 50.7 Å². The van der Waals surface area contributed by atoms with Gasteiger partial charge >= 0.3 is 0 Å². The monoisotopic (exact) mass is 707 g/mol. The standard InChI is InChI=1S/C37H39Cl2N3O5S/c1-2-47-32-19-21-33(22-20-32)48(45,46)42(31-15-7-4-8-16-31)26-36(43)41(25-28-17-18-29(38)24-34(28)39)35(23-27-11-5-3-6-12-27)37(44)40-30-13-9-10-14-30/h3-8,11-12,15-22,24,30,35H,2,9-10,13-14,23,25-26H2,1H3,(H,40,44)/t35-/m0/s1. The smallest absolute Gasteiger partial charge is 0.264 e. The summed E-state index contributed by atoms with van der Waals surface area (Å²) in [4.78, 5) is 30.2. The van der Waals surface area contributed by atoms with Crippen molar-refractivity contribution in [3.05, 3.63) is 124 Å². The molecule has 0 bridgehead atoms. The fourth-order valence-electron chi connectivity index (χ4n) is 5.88. The number of halogens is 2. The highest BCUT2D eigenvalue weighted by Crippen LogP contribution is 2.28. The normalized spacial score (nSPS) is 13.9. The van der Waals surface area contributed by atoms with Gasteiger partial charge in [-0.25, -0.2) is 8.42 Å². The molecule has 0 aliphatic heterocycles. The number of carbonyl (C=O) groups excluding carboxylic acids is 2. The minimum atomic E-state index is -4.24. The zero-order valence-corrected chi connectivity index (χ0v) is 29.1. The second-order valence-electron chi connectivity index (χ2n) is 11.7. The number of sulfonamides is 1. The van der Waals surface area contributed by atoms with Crippen molar-refractivity contribution in [3.8, 4) is 5.75 Å². The van der Waals surface area contributed by atoms with E-state index in [1.807, 2.05) is 37.3 Å². The number of anilines is 1. The lowest BCUT2D eigenvalue weighted by Crippen LogP contribution is -2.54. The third-order valence-electron chi connectivity index (χ3n) is 8.37. The zero-order chi connectivity index (χ0) is 34.1. The van der Waals surface area contributed by atoms with Crippen molar-refractivity contribution in [1.82, 2.24) is 10.2 Å². The van der Waals surface area contributed by atoms with Crippen molar-refractivity contribution in [2.45, 2.75) is 62.6 Å². The Bertz CT molecular complexity index is 1790. The highest BCUT2D eigenvalue weighted by atomic mass is 35.5. The number of hydrogen-bond acceptors (Lipinski definition) is 5. The van der Waals surface area contributed by atoms with Crippen molar-refractivity contribution in [3.63, 3.8) is 0 Å². The summed E-state index contributed by atoms with van der Waals surface area (Å²) in [7, 11) is -4.24. The van der Waals surface area contributed by atoms with Crippen LogP contribution in [0.3, 0.4) is 0 Å². The first-order valence-corrected chi connectivity index (χ1v) is 18.2. The molecule has 5 rings (SSSR count). The molecule has 252 valence electrons. The van der Waals surface area contributed by atoms with Gasteiger partial charge in [-0.05, 0) is 79.4 Å². The summed E-state index contributed by atoms with van der Waals surface area (Å²) in [6, 6.07) is 28.0. The maximum absolute atomic E-state index is 14.7. The molecule has 0 aromatic heterocycles. The van der Waals surface area contributed by atoms with Gasteiger partial charge in [0.05, 0.1) is 17.2 Å². The molecular formula is C37H39Cl2N3O5S. The maximum atomic E-state index is 14.7. The fraction of sp³-hybridized carbons (Fsp3) is 0.297. The van der Waals surface area contributed by atoms with E-state index in [4.69, 9.17) is 27.9 Å². The Morgan fingerprint density at radius 3 is 2.17 bits per heavy atom. The molecule has 48 heavy (non-hydrogen) atoms. The first-order chi connectivity index (χ1) is 23.2. The van der Waals surface area contributed by atoms with Gasteiger partial charge in [0, 0.05) is 29.1 Å². The van der Waals surface area contributed by atoms with Gasteiger partial charge in [-0.2, -0.15) is 0 Å². The number of nitrogens with one attached hydrogen (secondary N) is 1. The van der Waals surface area contributed by atoms with Crippen molar-refractivity contribution < 1.29 is 22.7 Å². The highest BCUT2D eigenvalue weighted by molar-refractivity contribution is 7.92. The minimum Gasteiger partial charge on any atom is -0.494 e. The predicted octanol–water partition coefficient (Wildman–Crippen LogP) is 7.29. The molecule has 4 aromatic carbocycles. The predicted molar refractivity (Wildman–Crippen MR) is 190 cm³/mol. The molecule has 0 saturated heterocycles. The van der Waals surface area contributed by atoms with E-state index < -0.39 is 28.5 Å². The third kappa shape index (κ3) is 8.89. The molecule has 0 unspecified atom stereocenters. The number of carbonyl (C=O) groups is 2. The summed E-state index contributed by atoms with van der Waals surface area (Å²) in [5.74, 6) is -0.339. The van der Waals surface area contributed by atoms with Crippen molar-refractivity contribution in [2.75, 3.05) is 17.5 Å². The van der Waals surface area contributed by atoms with E-state index in [1.54, 1.807) is 60.7 Å². The number of para-hydroxylation sites is 1. The summed E-state index contributed by atoms with van der Waals surface area (Å²) < 4.78 is 35.1. The van der Waals surface area contributed by atoms with Crippen LogP contribution < -0.4 is 14.4 Å². The van der Waals surface area contributed by atoms with Gasteiger partial charge in [0.1, 0.15) is 18.3 Å². The molecule has 1 aliphatic rings. The van der Waals surface area contributed by atoms with Gasteiger partial charge in [-0.15, -0.1) is 0 Å². The van der Waals surface area contributed by atoms with E-state index in [-0.39, 0.29) is 29.8 Å². The third-order valence-corrected chi connectivity index (χ3v) is 10.7. The molecule has 1 aliphatic carbocycles. The van der Waals surface area contributed by atoms with Gasteiger partial charge in [-0.1, -0.05) is 90.6 Å². The largest absolute Gasteiger partial charge is 0.494 e. The molecule has 1 saturated carbocycles. The van der Waals surface area contributed by atoms with Crippen molar-refractivity contribution in [1.29, 1.82) is 0 Å². The van der Waals surface area contributed by atoms with Crippen LogP contribution in [0.25, 0.3) is 0 Å². The van der Waals surface area contributed by atoms with E-state index >= 15 is 0 Å². The van der Waals surface area contributed by atoms with Gasteiger partial charge in [0.2, 0.25) is 11.8 Å².